The van der Waals surface area contributed by atoms with Crippen LogP contribution in [-0.2, 0) is 9.53 Å². The predicted octanol–water partition coefficient (Wildman–Crippen LogP) is 0.462. The SMILES string of the molecule is CCOC(=O)CN=C(/C=C(\N)[N+](=O)[O-])CBr. The lowest BCUT2D eigenvalue weighted by molar-refractivity contribution is -0.426. The number of hydrogen-bond acceptors (Lipinski definition) is 6. The van der Waals surface area contributed by atoms with Gasteiger partial charge in [0.15, 0.2) is 0 Å². The van der Waals surface area contributed by atoms with Crippen molar-refractivity contribution in [3.05, 3.63) is 22.0 Å². The van der Waals surface area contributed by atoms with E-state index in [1.807, 2.05) is 0 Å². The molecule has 0 aliphatic heterocycles. The van der Waals surface area contributed by atoms with Crippen LogP contribution in [0.15, 0.2) is 16.9 Å². The molecule has 0 amide bonds. The number of nitrogens with zero attached hydrogens (tertiary/aromatic N) is 2. The maximum atomic E-state index is 11.0. The Labute approximate surface area is 101 Å². The van der Waals surface area contributed by atoms with Crippen molar-refractivity contribution in [1.82, 2.24) is 0 Å². The standard InChI is InChI=1S/C8H12BrN3O4/c1-2-16-8(13)5-11-6(4-9)3-7(10)12(14)15/h3H,2,4-5,10H2,1H3/b7-3+,11-6?. The van der Waals surface area contributed by atoms with Crippen LogP contribution < -0.4 is 5.73 Å². The molecule has 90 valence electrons. The first kappa shape index (κ1) is 14.6. The Morgan fingerprint density at radius 1 is 1.69 bits per heavy atom. The number of nitrogens with two attached hydrogens (primary N) is 1. The molecule has 0 aliphatic carbocycles. The molecule has 0 fully saturated rings. The van der Waals surface area contributed by atoms with Crippen molar-refractivity contribution in [3.8, 4) is 0 Å². The van der Waals surface area contributed by atoms with Gasteiger partial charge in [0.1, 0.15) is 6.54 Å². The maximum Gasteiger partial charge on any atom is 0.327 e. The number of alkyl halides is 1. The fourth-order valence-electron chi connectivity index (χ4n) is 0.723. The van der Waals surface area contributed by atoms with Crippen LogP contribution in [0.5, 0.6) is 0 Å². The molecule has 0 aromatic heterocycles. The number of carbonyl (C=O) groups is 1. The number of esters is 1. The van der Waals surface area contributed by atoms with Gasteiger partial charge in [0.2, 0.25) is 0 Å². The Kier molecular flexibility index (Phi) is 7.10. The van der Waals surface area contributed by atoms with Crippen molar-refractivity contribution in [3.63, 3.8) is 0 Å². The Morgan fingerprint density at radius 3 is 2.75 bits per heavy atom. The number of carbonyl (C=O) groups excluding carboxylic acids is 1. The van der Waals surface area contributed by atoms with Crippen LogP contribution in [0.3, 0.4) is 0 Å². The van der Waals surface area contributed by atoms with Crippen LogP contribution in [0.2, 0.25) is 0 Å². The number of halogens is 1. The van der Waals surface area contributed by atoms with Gasteiger partial charge in [-0.3, -0.25) is 15.5 Å². The van der Waals surface area contributed by atoms with Gasteiger partial charge in [-0.2, -0.15) is 0 Å². The van der Waals surface area contributed by atoms with Crippen LogP contribution in [0.25, 0.3) is 0 Å². The zero-order chi connectivity index (χ0) is 12.6. The zero-order valence-electron chi connectivity index (χ0n) is 8.68. The fraction of sp³-hybridized carbons (Fsp3) is 0.500. The normalized spacial score (nSPS) is 12.4. The number of aliphatic imine (C=N–C) groups is 1. The minimum Gasteiger partial charge on any atom is -0.465 e. The molecule has 0 radical (unpaired) electrons. The van der Waals surface area contributed by atoms with E-state index in [1.54, 1.807) is 6.92 Å². The van der Waals surface area contributed by atoms with Gasteiger partial charge in [-0.05, 0) is 11.8 Å². The highest BCUT2D eigenvalue weighted by Crippen LogP contribution is 1.94. The van der Waals surface area contributed by atoms with Crippen LogP contribution in [0, 0.1) is 10.1 Å². The second kappa shape index (κ2) is 7.80. The molecule has 8 heteroatoms. The summed E-state index contributed by atoms with van der Waals surface area (Å²) in [5, 5.41) is 10.5. The third kappa shape index (κ3) is 6.12. The van der Waals surface area contributed by atoms with Crippen LogP contribution in [0.1, 0.15) is 6.92 Å². The van der Waals surface area contributed by atoms with Gasteiger partial charge in [0, 0.05) is 5.33 Å². The van der Waals surface area contributed by atoms with Gasteiger partial charge < -0.3 is 14.9 Å². The summed E-state index contributed by atoms with van der Waals surface area (Å²) in [4.78, 5) is 24.3. The molecule has 0 rings (SSSR count). The van der Waals surface area contributed by atoms with Crippen molar-refractivity contribution in [1.29, 1.82) is 0 Å². The highest BCUT2D eigenvalue weighted by Gasteiger charge is 2.05. The number of hydrogen-bond donors (Lipinski definition) is 1. The summed E-state index contributed by atoms with van der Waals surface area (Å²) in [6, 6.07) is 0. The number of ether oxygens (including phenoxy) is 1. The summed E-state index contributed by atoms with van der Waals surface area (Å²) in [5.41, 5.74) is 5.41. The molecule has 2 N–H and O–H groups in total. The van der Waals surface area contributed by atoms with E-state index >= 15 is 0 Å². The van der Waals surface area contributed by atoms with Gasteiger partial charge in [-0.25, -0.2) is 0 Å². The lowest BCUT2D eigenvalue weighted by atomic mass is 10.4. The second-order valence-corrected chi connectivity index (χ2v) is 3.13. The van der Waals surface area contributed by atoms with Gasteiger partial charge in [0.05, 0.1) is 18.4 Å². The first-order valence-corrected chi connectivity index (χ1v) is 5.49. The van der Waals surface area contributed by atoms with Crippen molar-refractivity contribution >= 4 is 27.6 Å². The van der Waals surface area contributed by atoms with E-state index in [0.29, 0.717) is 5.71 Å². The third-order valence-corrected chi connectivity index (χ3v) is 1.95. The highest BCUT2D eigenvalue weighted by molar-refractivity contribution is 9.09. The van der Waals surface area contributed by atoms with Crippen molar-refractivity contribution in [2.45, 2.75) is 6.92 Å². The summed E-state index contributed by atoms with van der Waals surface area (Å²) in [7, 11) is 0. The molecule has 0 saturated heterocycles. The molecule has 16 heavy (non-hydrogen) atoms. The molecule has 0 atom stereocenters. The van der Waals surface area contributed by atoms with Gasteiger partial charge in [-0.1, -0.05) is 15.9 Å². The van der Waals surface area contributed by atoms with Gasteiger partial charge in [0.25, 0.3) is 0 Å². The first-order valence-electron chi connectivity index (χ1n) is 4.37. The van der Waals surface area contributed by atoms with Crippen molar-refractivity contribution in [2.24, 2.45) is 10.7 Å². The third-order valence-electron chi connectivity index (χ3n) is 1.38. The monoisotopic (exact) mass is 293 g/mol. The zero-order valence-corrected chi connectivity index (χ0v) is 10.3. The van der Waals surface area contributed by atoms with E-state index in [1.165, 1.54) is 0 Å². The summed E-state index contributed by atoms with van der Waals surface area (Å²) in [5.74, 6) is -1.02. The molecule has 0 saturated carbocycles. The van der Waals surface area contributed by atoms with Gasteiger partial charge in [-0.15, -0.1) is 0 Å². The Bertz CT molecular complexity index is 327. The van der Waals surface area contributed by atoms with E-state index in [2.05, 4.69) is 25.7 Å². The quantitative estimate of drug-likeness (QED) is 0.252. The van der Waals surface area contributed by atoms with E-state index < -0.39 is 16.7 Å². The fourth-order valence-corrected chi connectivity index (χ4v) is 1.06. The van der Waals surface area contributed by atoms with E-state index in [0.717, 1.165) is 6.08 Å². The van der Waals surface area contributed by atoms with Crippen molar-refractivity contribution in [2.75, 3.05) is 18.5 Å². The number of rotatable bonds is 6. The Balaban J connectivity index is 4.50. The molecular weight excluding hydrogens is 282 g/mol. The first-order chi connectivity index (χ1) is 7.51. The molecule has 0 spiro atoms. The second-order valence-electron chi connectivity index (χ2n) is 2.57. The van der Waals surface area contributed by atoms with Crippen LogP contribution in [-0.4, -0.2) is 35.1 Å². The van der Waals surface area contributed by atoms with Crippen LogP contribution >= 0.6 is 15.9 Å². The predicted molar refractivity (Wildman–Crippen MR) is 62.0 cm³/mol. The lowest BCUT2D eigenvalue weighted by Crippen LogP contribution is -2.14. The smallest absolute Gasteiger partial charge is 0.327 e. The largest absolute Gasteiger partial charge is 0.465 e. The Hall–Kier alpha value is -1.44. The molecule has 0 aliphatic rings. The van der Waals surface area contributed by atoms with Crippen molar-refractivity contribution < 1.29 is 14.5 Å². The summed E-state index contributed by atoms with van der Waals surface area (Å²) in [6.45, 7) is 1.76. The Morgan fingerprint density at radius 2 is 2.31 bits per heavy atom. The summed E-state index contributed by atoms with van der Waals surface area (Å²) < 4.78 is 4.64. The van der Waals surface area contributed by atoms with E-state index in [9.17, 15) is 14.9 Å². The van der Waals surface area contributed by atoms with E-state index in [4.69, 9.17) is 5.73 Å². The molecular formula is C8H12BrN3O4. The minimum atomic E-state index is -0.734. The average Bonchev–Trinajstić information content (AvgIpc) is 2.24. The summed E-state index contributed by atoms with van der Waals surface area (Å²) >= 11 is 3.08. The van der Waals surface area contributed by atoms with E-state index in [-0.39, 0.29) is 18.5 Å². The molecule has 0 bridgehead atoms. The molecule has 0 unspecified atom stereocenters. The minimum absolute atomic E-state index is 0.184. The summed E-state index contributed by atoms with van der Waals surface area (Å²) in [6.07, 6.45) is 1.09. The van der Waals surface area contributed by atoms with Gasteiger partial charge >= 0.3 is 11.8 Å². The molecule has 7 nitrogen and oxygen atoms in total. The maximum absolute atomic E-state index is 11.0. The average molecular weight is 294 g/mol. The van der Waals surface area contributed by atoms with Crippen LogP contribution in [0.4, 0.5) is 0 Å². The molecule has 0 heterocycles. The molecule has 0 aromatic carbocycles. The number of nitro groups is 1. The topological polar surface area (TPSA) is 108 Å². The highest BCUT2D eigenvalue weighted by atomic mass is 79.9. The molecule has 0 aromatic rings. The number of allylic oxidation sites excluding steroid dienone is 1. The lowest BCUT2D eigenvalue weighted by Gasteiger charge is -1.99.